The van der Waals surface area contributed by atoms with Gasteiger partial charge >= 0.3 is 0 Å². The number of hydrogen-bond acceptors (Lipinski definition) is 3. The van der Waals surface area contributed by atoms with E-state index in [-0.39, 0.29) is 6.61 Å². The molecule has 0 fully saturated rings. The molecule has 0 radical (unpaired) electrons. The van der Waals surface area contributed by atoms with Crippen molar-refractivity contribution in [2.24, 2.45) is 0 Å². The number of hydrogen-bond donors (Lipinski definition) is 1. The van der Waals surface area contributed by atoms with E-state index in [1.165, 1.54) is 0 Å². The van der Waals surface area contributed by atoms with E-state index in [1.54, 1.807) is 12.3 Å². The van der Waals surface area contributed by atoms with Crippen LogP contribution in [-0.2, 0) is 0 Å². The van der Waals surface area contributed by atoms with Gasteiger partial charge in [0.1, 0.15) is 4.60 Å². The molecule has 1 heterocycles. The van der Waals surface area contributed by atoms with Gasteiger partial charge in [0.2, 0.25) is 0 Å². The van der Waals surface area contributed by atoms with E-state index in [0.29, 0.717) is 23.4 Å². The van der Waals surface area contributed by atoms with Crippen LogP contribution in [0.15, 0.2) is 22.9 Å². The van der Waals surface area contributed by atoms with Gasteiger partial charge in [-0.25, -0.2) is 4.98 Å². The minimum atomic E-state index is 0.151. The van der Waals surface area contributed by atoms with Crippen LogP contribution in [-0.4, -0.2) is 23.3 Å². The second-order valence-corrected chi connectivity index (χ2v) is 2.97. The van der Waals surface area contributed by atoms with Gasteiger partial charge in [0.25, 0.3) is 0 Å². The van der Waals surface area contributed by atoms with Crippen LogP contribution in [0.2, 0.25) is 0 Å². The topological polar surface area (TPSA) is 42.4 Å². The highest BCUT2D eigenvalue weighted by molar-refractivity contribution is 9.10. The summed E-state index contributed by atoms with van der Waals surface area (Å²) in [6.45, 7) is 0.665. The Morgan fingerprint density at radius 3 is 3.08 bits per heavy atom. The van der Waals surface area contributed by atoms with Crippen molar-refractivity contribution < 1.29 is 9.84 Å². The molecule has 1 rings (SSSR count). The maximum absolute atomic E-state index is 8.51. The molecule has 0 atom stereocenters. The third kappa shape index (κ3) is 2.79. The quantitative estimate of drug-likeness (QED) is 0.633. The van der Waals surface area contributed by atoms with Crippen LogP contribution in [0.1, 0.15) is 6.42 Å². The summed E-state index contributed by atoms with van der Waals surface area (Å²) in [6.07, 6.45) is 2.32. The SMILES string of the molecule is OCCCOc1cccnc1Br. The van der Waals surface area contributed by atoms with Crippen LogP contribution in [0.4, 0.5) is 0 Å². The van der Waals surface area contributed by atoms with Gasteiger partial charge in [0.05, 0.1) is 6.61 Å². The smallest absolute Gasteiger partial charge is 0.152 e. The van der Waals surface area contributed by atoms with Crippen LogP contribution in [0, 0.1) is 0 Å². The fourth-order valence-electron chi connectivity index (χ4n) is 0.726. The number of nitrogens with zero attached hydrogens (tertiary/aromatic N) is 1. The molecule has 0 saturated carbocycles. The van der Waals surface area contributed by atoms with Crippen molar-refractivity contribution in [2.45, 2.75) is 6.42 Å². The Balaban J connectivity index is 2.46. The van der Waals surface area contributed by atoms with Gasteiger partial charge in [0.15, 0.2) is 5.75 Å². The number of rotatable bonds is 4. The largest absolute Gasteiger partial charge is 0.491 e. The van der Waals surface area contributed by atoms with Gasteiger partial charge in [-0.15, -0.1) is 0 Å². The predicted molar refractivity (Wildman–Crippen MR) is 49.1 cm³/mol. The second kappa shape index (κ2) is 5.11. The first-order valence-electron chi connectivity index (χ1n) is 3.69. The highest BCUT2D eigenvalue weighted by Crippen LogP contribution is 2.20. The van der Waals surface area contributed by atoms with Crippen molar-refractivity contribution in [1.29, 1.82) is 0 Å². The first-order valence-corrected chi connectivity index (χ1v) is 4.48. The molecule has 12 heavy (non-hydrogen) atoms. The van der Waals surface area contributed by atoms with E-state index >= 15 is 0 Å². The monoisotopic (exact) mass is 231 g/mol. The zero-order chi connectivity index (χ0) is 8.81. The lowest BCUT2D eigenvalue weighted by Crippen LogP contribution is -2.00. The lowest BCUT2D eigenvalue weighted by atomic mass is 10.4. The van der Waals surface area contributed by atoms with E-state index in [9.17, 15) is 0 Å². The molecule has 1 aromatic rings. The summed E-state index contributed by atoms with van der Waals surface area (Å²) in [6, 6.07) is 3.63. The lowest BCUT2D eigenvalue weighted by molar-refractivity contribution is 0.232. The summed E-state index contributed by atoms with van der Waals surface area (Å²) in [5, 5.41) is 8.51. The average molecular weight is 232 g/mol. The summed E-state index contributed by atoms with van der Waals surface area (Å²) in [5.74, 6) is 0.714. The average Bonchev–Trinajstić information content (AvgIpc) is 2.09. The zero-order valence-electron chi connectivity index (χ0n) is 6.53. The van der Waals surface area contributed by atoms with Crippen LogP contribution in [0.25, 0.3) is 0 Å². The van der Waals surface area contributed by atoms with Crippen molar-refractivity contribution in [2.75, 3.05) is 13.2 Å². The summed E-state index contributed by atoms with van der Waals surface area (Å²) < 4.78 is 6.00. The number of ether oxygens (including phenoxy) is 1. The summed E-state index contributed by atoms with van der Waals surface area (Å²) in [7, 11) is 0. The molecule has 0 aliphatic rings. The first kappa shape index (κ1) is 9.48. The van der Waals surface area contributed by atoms with E-state index in [4.69, 9.17) is 9.84 Å². The van der Waals surface area contributed by atoms with Crippen molar-refractivity contribution in [3.05, 3.63) is 22.9 Å². The molecule has 0 aliphatic heterocycles. The minimum Gasteiger partial charge on any atom is -0.491 e. The Labute approximate surface area is 79.5 Å². The van der Waals surface area contributed by atoms with E-state index in [0.717, 1.165) is 0 Å². The zero-order valence-corrected chi connectivity index (χ0v) is 8.12. The third-order valence-electron chi connectivity index (χ3n) is 1.28. The van der Waals surface area contributed by atoms with Gasteiger partial charge in [-0.1, -0.05) is 0 Å². The first-order chi connectivity index (χ1) is 5.84. The Hall–Kier alpha value is -0.610. The van der Waals surface area contributed by atoms with Gasteiger partial charge < -0.3 is 9.84 Å². The molecule has 0 spiro atoms. The molecule has 0 bridgehead atoms. The van der Waals surface area contributed by atoms with Gasteiger partial charge in [0, 0.05) is 19.2 Å². The van der Waals surface area contributed by atoms with Gasteiger partial charge in [-0.2, -0.15) is 0 Å². The van der Waals surface area contributed by atoms with E-state index in [1.807, 2.05) is 6.07 Å². The Morgan fingerprint density at radius 1 is 1.58 bits per heavy atom. The van der Waals surface area contributed by atoms with Crippen molar-refractivity contribution in [3.63, 3.8) is 0 Å². The minimum absolute atomic E-state index is 0.151. The number of aromatic nitrogens is 1. The number of halogens is 1. The molecule has 0 unspecified atom stereocenters. The van der Waals surface area contributed by atoms with Crippen LogP contribution in [0.5, 0.6) is 5.75 Å². The number of pyridine rings is 1. The molecule has 0 saturated heterocycles. The van der Waals surface area contributed by atoms with Crippen LogP contribution < -0.4 is 4.74 Å². The number of aliphatic hydroxyl groups is 1. The maximum Gasteiger partial charge on any atom is 0.152 e. The van der Waals surface area contributed by atoms with Crippen LogP contribution >= 0.6 is 15.9 Å². The van der Waals surface area contributed by atoms with Crippen molar-refractivity contribution in [3.8, 4) is 5.75 Å². The second-order valence-electron chi connectivity index (χ2n) is 2.22. The molecule has 0 aromatic carbocycles. The fraction of sp³-hybridized carbons (Fsp3) is 0.375. The van der Waals surface area contributed by atoms with Crippen molar-refractivity contribution >= 4 is 15.9 Å². The molecule has 0 amide bonds. The summed E-state index contributed by atoms with van der Waals surface area (Å²) in [5.41, 5.74) is 0. The normalized spacial score (nSPS) is 9.83. The fourth-order valence-corrected chi connectivity index (χ4v) is 1.09. The van der Waals surface area contributed by atoms with E-state index in [2.05, 4.69) is 20.9 Å². The highest BCUT2D eigenvalue weighted by atomic mass is 79.9. The summed E-state index contributed by atoms with van der Waals surface area (Å²) >= 11 is 3.25. The standard InChI is InChI=1S/C8H10BrNO2/c9-8-7(3-1-4-10-8)12-6-2-5-11/h1,3-4,11H,2,5-6H2. The molecule has 3 nitrogen and oxygen atoms in total. The van der Waals surface area contributed by atoms with Crippen LogP contribution in [0.3, 0.4) is 0 Å². The van der Waals surface area contributed by atoms with Gasteiger partial charge in [-0.3, -0.25) is 0 Å². The molecular formula is C8H10BrNO2. The lowest BCUT2D eigenvalue weighted by Gasteiger charge is -2.05. The highest BCUT2D eigenvalue weighted by Gasteiger charge is 1.98. The summed E-state index contributed by atoms with van der Waals surface area (Å²) in [4.78, 5) is 3.99. The molecule has 0 aliphatic carbocycles. The third-order valence-corrected chi connectivity index (χ3v) is 1.88. The Kier molecular flexibility index (Phi) is 4.04. The Morgan fingerprint density at radius 2 is 2.42 bits per heavy atom. The van der Waals surface area contributed by atoms with Gasteiger partial charge in [-0.05, 0) is 28.1 Å². The number of aliphatic hydroxyl groups excluding tert-OH is 1. The predicted octanol–water partition coefficient (Wildman–Crippen LogP) is 1.61. The molecule has 1 aromatic heterocycles. The Bertz CT molecular complexity index is 242. The molecular weight excluding hydrogens is 222 g/mol. The molecule has 66 valence electrons. The molecule has 4 heteroatoms. The van der Waals surface area contributed by atoms with Crippen molar-refractivity contribution in [1.82, 2.24) is 4.98 Å². The molecule has 1 N–H and O–H groups in total. The van der Waals surface area contributed by atoms with E-state index < -0.39 is 0 Å². The maximum atomic E-state index is 8.51.